The van der Waals surface area contributed by atoms with Crippen molar-refractivity contribution < 1.29 is 18.7 Å². The first-order chi connectivity index (χ1) is 18.3. The second kappa shape index (κ2) is 11.0. The van der Waals surface area contributed by atoms with Gasteiger partial charge in [0.05, 0.1) is 11.8 Å². The molecule has 0 amide bonds. The summed E-state index contributed by atoms with van der Waals surface area (Å²) in [5, 5.41) is 14.1. The summed E-state index contributed by atoms with van der Waals surface area (Å²) in [4.78, 5) is 16.5. The van der Waals surface area contributed by atoms with Crippen LogP contribution in [0.4, 0.5) is 8.78 Å². The molecule has 0 aliphatic carbocycles. The van der Waals surface area contributed by atoms with Gasteiger partial charge in [-0.1, -0.05) is 29.4 Å². The highest BCUT2D eigenvalue weighted by Gasteiger charge is 2.23. The van der Waals surface area contributed by atoms with Gasteiger partial charge in [0, 0.05) is 41.7 Å². The minimum absolute atomic E-state index is 0.0419. The van der Waals surface area contributed by atoms with E-state index in [2.05, 4.69) is 24.4 Å². The Balaban J connectivity index is 1.26. The fourth-order valence-corrected chi connectivity index (χ4v) is 4.73. The van der Waals surface area contributed by atoms with Crippen LogP contribution < -0.4 is 0 Å². The second-order valence-corrected chi connectivity index (χ2v) is 10.4. The summed E-state index contributed by atoms with van der Waals surface area (Å²) in [5.74, 6) is -0.700. The van der Waals surface area contributed by atoms with Crippen molar-refractivity contribution in [3.63, 3.8) is 0 Å². The van der Waals surface area contributed by atoms with E-state index in [4.69, 9.17) is 4.84 Å². The SMILES string of the molecule is CC(C)(O)CON=C(c1ccc(CN2CCC(c3cnc4ncccn34)CC2)cc1)c1ccc(F)c(F)c1. The van der Waals surface area contributed by atoms with Crippen LogP contribution in [0.1, 0.15) is 55.0 Å². The van der Waals surface area contributed by atoms with Crippen LogP contribution in [0.15, 0.2) is 72.3 Å². The number of fused-ring (bicyclic) bond motifs is 1. The number of aliphatic hydroxyl groups is 1. The third-order valence-corrected chi connectivity index (χ3v) is 6.72. The van der Waals surface area contributed by atoms with Gasteiger partial charge in [-0.05, 0) is 69.6 Å². The Labute approximate surface area is 220 Å². The van der Waals surface area contributed by atoms with Gasteiger partial charge in [0.25, 0.3) is 0 Å². The van der Waals surface area contributed by atoms with Gasteiger partial charge in [0.1, 0.15) is 12.3 Å². The number of nitrogens with zero attached hydrogens (tertiary/aromatic N) is 5. The van der Waals surface area contributed by atoms with Crippen LogP contribution in [0.2, 0.25) is 0 Å². The summed E-state index contributed by atoms with van der Waals surface area (Å²) in [6, 6.07) is 13.4. The normalized spacial score (nSPS) is 15.8. The maximum absolute atomic E-state index is 14.0. The van der Waals surface area contributed by atoms with E-state index in [0.717, 1.165) is 55.9 Å². The lowest BCUT2D eigenvalue weighted by molar-refractivity contribution is -0.0189. The van der Waals surface area contributed by atoms with Crippen molar-refractivity contribution >= 4 is 11.5 Å². The lowest BCUT2D eigenvalue weighted by atomic mass is 9.93. The van der Waals surface area contributed by atoms with Crippen molar-refractivity contribution in [3.05, 3.63) is 101 Å². The van der Waals surface area contributed by atoms with E-state index in [-0.39, 0.29) is 6.61 Å². The van der Waals surface area contributed by atoms with Gasteiger partial charge in [0.2, 0.25) is 5.78 Å². The third-order valence-electron chi connectivity index (χ3n) is 6.72. The molecule has 1 N–H and O–H groups in total. The Morgan fingerprint density at radius 2 is 1.79 bits per heavy atom. The van der Waals surface area contributed by atoms with E-state index in [1.807, 2.05) is 42.7 Å². The van der Waals surface area contributed by atoms with Crippen LogP contribution in [0.25, 0.3) is 5.78 Å². The Morgan fingerprint density at radius 1 is 1.05 bits per heavy atom. The molecule has 1 aliphatic rings. The van der Waals surface area contributed by atoms with Gasteiger partial charge < -0.3 is 9.94 Å². The zero-order valence-electron chi connectivity index (χ0n) is 21.5. The van der Waals surface area contributed by atoms with Gasteiger partial charge >= 0.3 is 0 Å². The van der Waals surface area contributed by atoms with Crippen LogP contribution in [0, 0.1) is 11.6 Å². The number of rotatable bonds is 8. The molecule has 0 bridgehead atoms. The van der Waals surface area contributed by atoms with Crippen molar-refractivity contribution in [2.45, 2.75) is 44.8 Å². The van der Waals surface area contributed by atoms with Crippen molar-refractivity contribution in [1.82, 2.24) is 19.3 Å². The number of oxime groups is 1. The molecule has 9 heteroatoms. The maximum atomic E-state index is 14.0. The first-order valence-electron chi connectivity index (χ1n) is 12.7. The number of likely N-dealkylation sites (tertiary alicyclic amines) is 1. The molecule has 0 spiro atoms. The molecule has 3 heterocycles. The molecule has 1 fully saturated rings. The highest BCUT2D eigenvalue weighted by atomic mass is 19.2. The summed E-state index contributed by atoms with van der Waals surface area (Å²) < 4.78 is 29.6. The van der Waals surface area contributed by atoms with Crippen molar-refractivity contribution in [3.8, 4) is 0 Å². The summed E-state index contributed by atoms with van der Waals surface area (Å²) in [5.41, 5.74) is 2.74. The molecule has 38 heavy (non-hydrogen) atoms. The summed E-state index contributed by atoms with van der Waals surface area (Å²) in [7, 11) is 0. The lowest BCUT2D eigenvalue weighted by Crippen LogP contribution is -2.32. The first kappa shape index (κ1) is 25.9. The molecule has 1 saturated heterocycles. The van der Waals surface area contributed by atoms with Crippen LogP contribution >= 0.6 is 0 Å². The number of imidazole rings is 1. The van der Waals surface area contributed by atoms with E-state index in [1.165, 1.54) is 11.8 Å². The minimum Gasteiger partial charge on any atom is -0.392 e. The Bertz CT molecular complexity index is 1420. The van der Waals surface area contributed by atoms with Gasteiger partial charge in [-0.2, -0.15) is 0 Å². The molecular formula is C29H31F2N5O2. The second-order valence-electron chi connectivity index (χ2n) is 10.4. The zero-order valence-corrected chi connectivity index (χ0v) is 21.5. The molecule has 0 radical (unpaired) electrons. The number of benzene rings is 2. The van der Waals surface area contributed by atoms with Crippen LogP contribution in [-0.4, -0.2) is 55.4 Å². The largest absolute Gasteiger partial charge is 0.392 e. The molecule has 0 unspecified atom stereocenters. The average Bonchev–Trinajstić information content (AvgIpc) is 3.33. The highest BCUT2D eigenvalue weighted by Crippen LogP contribution is 2.29. The topological polar surface area (TPSA) is 75.2 Å². The average molecular weight is 520 g/mol. The van der Waals surface area contributed by atoms with E-state index < -0.39 is 17.2 Å². The Morgan fingerprint density at radius 3 is 2.50 bits per heavy atom. The smallest absolute Gasteiger partial charge is 0.233 e. The zero-order chi connectivity index (χ0) is 26.7. The molecule has 0 atom stereocenters. The predicted molar refractivity (Wildman–Crippen MR) is 141 cm³/mol. The van der Waals surface area contributed by atoms with Crippen LogP contribution in [-0.2, 0) is 11.4 Å². The van der Waals surface area contributed by atoms with Gasteiger partial charge in [-0.15, -0.1) is 0 Å². The monoisotopic (exact) mass is 519 g/mol. The third kappa shape index (κ3) is 6.06. The number of hydrogen-bond acceptors (Lipinski definition) is 6. The molecular weight excluding hydrogens is 488 g/mol. The Hall–Kier alpha value is -3.69. The van der Waals surface area contributed by atoms with Crippen LogP contribution in [0.5, 0.6) is 0 Å². The summed E-state index contributed by atoms with van der Waals surface area (Å²) in [6.45, 7) is 5.94. The number of halogens is 2. The summed E-state index contributed by atoms with van der Waals surface area (Å²) >= 11 is 0. The van der Waals surface area contributed by atoms with Crippen LogP contribution in [0.3, 0.4) is 0 Å². The van der Waals surface area contributed by atoms with E-state index in [9.17, 15) is 13.9 Å². The summed E-state index contributed by atoms with van der Waals surface area (Å²) in [6.07, 6.45) is 7.82. The van der Waals surface area contributed by atoms with Crippen molar-refractivity contribution in [2.75, 3.05) is 19.7 Å². The predicted octanol–water partition coefficient (Wildman–Crippen LogP) is 4.93. The molecule has 2 aromatic heterocycles. The standard InChI is InChI=1S/C29H31F2N5O2/c1-29(2,37)19-38-34-27(23-8-9-24(30)25(31)16-23)22-6-4-20(5-7-22)18-35-14-10-21(11-15-35)26-17-33-28-32-12-3-13-36(26)28/h3-9,12-13,16-17,21,37H,10-11,14-15,18-19H2,1-2H3. The Kier molecular flexibility index (Phi) is 7.49. The van der Waals surface area contributed by atoms with Gasteiger partial charge in [-0.25, -0.2) is 18.7 Å². The molecule has 0 saturated carbocycles. The quantitative estimate of drug-likeness (QED) is 0.264. The molecule has 4 aromatic rings. The number of piperidine rings is 1. The molecule has 198 valence electrons. The van der Waals surface area contributed by atoms with Gasteiger partial charge in [-0.3, -0.25) is 9.30 Å². The fraction of sp³-hybridized carbons (Fsp3) is 0.345. The van der Waals surface area contributed by atoms with E-state index >= 15 is 0 Å². The number of hydrogen-bond donors (Lipinski definition) is 1. The van der Waals surface area contributed by atoms with Crippen molar-refractivity contribution in [1.29, 1.82) is 0 Å². The van der Waals surface area contributed by atoms with Gasteiger partial charge in [0.15, 0.2) is 11.6 Å². The molecule has 2 aromatic carbocycles. The van der Waals surface area contributed by atoms with E-state index in [0.29, 0.717) is 22.8 Å². The molecule has 5 rings (SSSR count). The fourth-order valence-electron chi connectivity index (χ4n) is 4.73. The minimum atomic E-state index is -1.08. The number of aromatic nitrogens is 3. The lowest BCUT2D eigenvalue weighted by Gasteiger charge is -2.31. The molecule has 1 aliphatic heterocycles. The molecule has 7 nitrogen and oxygen atoms in total. The first-order valence-corrected chi connectivity index (χ1v) is 12.7. The highest BCUT2D eigenvalue weighted by molar-refractivity contribution is 6.12. The maximum Gasteiger partial charge on any atom is 0.233 e. The van der Waals surface area contributed by atoms with Crippen molar-refractivity contribution in [2.24, 2.45) is 5.16 Å². The van der Waals surface area contributed by atoms with E-state index in [1.54, 1.807) is 20.0 Å².